The highest BCUT2D eigenvalue weighted by molar-refractivity contribution is 5.90. The lowest BCUT2D eigenvalue weighted by atomic mass is 9.89. The first-order valence-electron chi connectivity index (χ1n) is 8.83. The number of benzene rings is 1. The number of alkyl halides is 3. The van der Waals surface area contributed by atoms with Gasteiger partial charge in [0, 0.05) is 17.0 Å². The van der Waals surface area contributed by atoms with Crippen molar-refractivity contribution in [2.45, 2.75) is 31.2 Å². The largest absolute Gasteiger partial charge is 0.445 e. The minimum Gasteiger partial charge on any atom is -0.415 e. The molecule has 1 saturated carbocycles. The quantitative estimate of drug-likeness (QED) is 0.573. The summed E-state index contributed by atoms with van der Waals surface area (Å²) < 4.78 is 62.4. The minimum absolute atomic E-state index is 0.156. The maximum atomic E-state index is 14.8. The SMILES string of the molecule is Nc1cncn(Cc2cc3c(cc2F)[C@@](C#CC2CC2)(C(F)(F)F)OC(=O)N3)c1=O. The number of carbonyl (C=O) groups is 1. The van der Waals surface area contributed by atoms with Crippen LogP contribution in [0, 0.1) is 23.6 Å². The molecule has 0 spiro atoms. The van der Waals surface area contributed by atoms with Crippen molar-refractivity contribution in [3.05, 3.63) is 52.0 Å². The minimum atomic E-state index is -5.11. The molecule has 1 aliphatic carbocycles. The molecule has 2 heterocycles. The Bertz CT molecular complexity index is 1160. The lowest BCUT2D eigenvalue weighted by molar-refractivity contribution is -0.239. The van der Waals surface area contributed by atoms with E-state index < -0.39 is 34.8 Å². The predicted molar refractivity (Wildman–Crippen MR) is 96.7 cm³/mol. The lowest BCUT2D eigenvalue weighted by Gasteiger charge is -2.36. The third kappa shape index (κ3) is 3.34. The molecular weight excluding hydrogens is 408 g/mol. The van der Waals surface area contributed by atoms with Crippen molar-refractivity contribution in [1.82, 2.24) is 9.55 Å². The summed E-state index contributed by atoms with van der Waals surface area (Å²) in [6.45, 7) is -0.362. The van der Waals surface area contributed by atoms with Gasteiger partial charge in [-0.1, -0.05) is 5.92 Å². The topological polar surface area (TPSA) is 99.2 Å². The highest BCUT2D eigenvalue weighted by atomic mass is 19.4. The molecule has 156 valence electrons. The Kier molecular flexibility index (Phi) is 4.45. The number of nitrogens with zero attached hydrogens (tertiary/aromatic N) is 2. The van der Waals surface area contributed by atoms with E-state index in [0.717, 1.165) is 23.2 Å². The van der Waals surface area contributed by atoms with Gasteiger partial charge in [0.2, 0.25) is 0 Å². The summed E-state index contributed by atoms with van der Waals surface area (Å²) in [6.07, 6.45) is -2.95. The molecule has 2 aliphatic rings. The van der Waals surface area contributed by atoms with E-state index >= 15 is 0 Å². The van der Waals surface area contributed by atoms with Gasteiger partial charge in [0.1, 0.15) is 11.5 Å². The normalized spacial score (nSPS) is 20.5. The van der Waals surface area contributed by atoms with Crippen molar-refractivity contribution >= 4 is 17.5 Å². The molecule has 0 bridgehead atoms. The summed E-state index contributed by atoms with van der Waals surface area (Å²) in [4.78, 5) is 27.7. The van der Waals surface area contributed by atoms with Crippen molar-refractivity contribution in [3.63, 3.8) is 0 Å². The van der Waals surface area contributed by atoms with Crippen LogP contribution < -0.4 is 16.6 Å². The van der Waals surface area contributed by atoms with Gasteiger partial charge >= 0.3 is 12.3 Å². The van der Waals surface area contributed by atoms with Crippen LogP contribution in [0.4, 0.5) is 33.7 Å². The number of carbonyl (C=O) groups excluding carboxylic acids is 1. The number of hydrogen-bond acceptors (Lipinski definition) is 5. The van der Waals surface area contributed by atoms with E-state index in [0.29, 0.717) is 18.9 Å². The van der Waals surface area contributed by atoms with Crippen LogP contribution in [0.3, 0.4) is 0 Å². The third-order valence-electron chi connectivity index (χ3n) is 4.75. The van der Waals surface area contributed by atoms with E-state index in [1.54, 1.807) is 0 Å². The predicted octanol–water partition coefficient (Wildman–Crippen LogP) is 2.75. The fraction of sp³-hybridized carbons (Fsp3) is 0.316. The Morgan fingerprint density at radius 2 is 2.07 bits per heavy atom. The summed E-state index contributed by atoms with van der Waals surface area (Å²) in [7, 11) is 0. The number of ether oxygens (including phenoxy) is 1. The summed E-state index contributed by atoms with van der Waals surface area (Å²) >= 11 is 0. The van der Waals surface area contributed by atoms with Crippen LogP contribution in [0.15, 0.2) is 29.5 Å². The number of fused-ring (bicyclic) bond motifs is 1. The third-order valence-corrected chi connectivity index (χ3v) is 4.75. The molecule has 11 heteroatoms. The number of nitrogens with one attached hydrogen (secondary N) is 1. The smallest absolute Gasteiger partial charge is 0.415 e. The van der Waals surface area contributed by atoms with Crippen LogP contribution in [0.5, 0.6) is 0 Å². The molecule has 2 aromatic rings. The first-order valence-corrected chi connectivity index (χ1v) is 8.83. The molecule has 30 heavy (non-hydrogen) atoms. The Morgan fingerprint density at radius 1 is 1.33 bits per heavy atom. The zero-order valence-corrected chi connectivity index (χ0v) is 15.2. The first kappa shape index (κ1) is 19.8. The van der Waals surface area contributed by atoms with Crippen molar-refractivity contribution in [1.29, 1.82) is 0 Å². The molecule has 1 atom stereocenters. The van der Waals surface area contributed by atoms with Gasteiger partial charge in [-0.3, -0.25) is 14.7 Å². The molecule has 1 fully saturated rings. The number of amides is 1. The number of halogens is 4. The van der Waals surface area contributed by atoms with E-state index in [9.17, 15) is 27.2 Å². The van der Waals surface area contributed by atoms with Crippen molar-refractivity contribution in [3.8, 4) is 11.8 Å². The van der Waals surface area contributed by atoms with Crippen LogP contribution in [-0.4, -0.2) is 21.8 Å². The molecule has 4 rings (SSSR count). The van der Waals surface area contributed by atoms with Gasteiger partial charge in [-0.15, -0.1) is 0 Å². The average molecular weight is 422 g/mol. The number of cyclic esters (lactones) is 1. The van der Waals surface area contributed by atoms with Crippen molar-refractivity contribution < 1.29 is 27.1 Å². The fourth-order valence-corrected chi connectivity index (χ4v) is 3.03. The van der Waals surface area contributed by atoms with Gasteiger partial charge in [0.05, 0.1) is 24.8 Å². The van der Waals surface area contributed by atoms with E-state index in [4.69, 9.17) is 5.73 Å². The molecule has 7 nitrogen and oxygen atoms in total. The first-order chi connectivity index (χ1) is 14.1. The lowest BCUT2D eigenvalue weighted by Crippen LogP contribution is -2.49. The number of rotatable bonds is 2. The highest BCUT2D eigenvalue weighted by Crippen LogP contribution is 2.48. The Morgan fingerprint density at radius 3 is 2.73 bits per heavy atom. The van der Waals surface area contributed by atoms with Crippen LogP contribution in [0.2, 0.25) is 0 Å². The Balaban J connectivity index is 1.84. The van der Waals surface area contributed by atoms with Gasteiger partial charge in [-0.2, -0.15) is 13.2 Å². The van der Waals surface area contributed by atoms with Crippen molar-refractivity contribution in [2.75, 3.05) is 11.1 Å². The van der Waals surface area contributed by atoms with Gasteiger partial charge in [-0.25, -0.2) is 14.2 Å². The van der Waals surface area contributed by atoms with Crippen LogP contribution in [-0.2, 0) is 16.9 Å². The zero-order valence-electron chi connectivity index (χ0n) is 15.2. The highest BCUT2D eigenvalue weighted by Gasteiger charge is 2.62. The van der Waals surface area contributed by atoms with Gasteiger partial charge < -0.3 is 10.5 Å². The van der Waals surface area contributed by atoms with Crippen molar-refractivity contribution in [2.24, 2.45) is 5.92 Å². The molecule has 3 N–H and O–H groups in total. The second-order valence-electron chi connectivity index (χ2n) is 7.01. The number of anilines is 2. The van der Waals surface area contributed by atoms with Gasteiger partial charge in [-0.05, 0) is 30.9 Å². The molecule has 1 aromatic heterocycles. The van der Waals surface area contributed by atoms with E-state index in [-0.39, 0.29) is 29.4 Å². The summed E-state index contributed by atoms with van der Waals surface area (Å²) in [5.74, 6) is 3.24. The monoisotopic (exact) mass is 422 g/mol. The zero-order chi connectivity index (χ0) is 21.7. The fourth-order valence-electron chi connectivity index (χ4n) is 3.03. The maximum Gasteiger partial charge on any atom is 0.445 e. The summed E-state index contributed by atoms with van der Waals surface area (Å²) in [5.41, 5.74) is 0.243. The average Bonchev–Trinajstić information content (AvgIpc) is 3.48. The second-order valence-corrected chi connectivity index (χ2v) is 7.01. The van der Waals surface area contributed by atoms with E-state index in [1.807, 2.05) is 5.92 Å². The molecule has 1 aliphatic heterocycles. The molecule has 1 aromatic carbocycles. The van der Waals surface area contributed by atoms with Crippen LogP contribution in [0.25, 0.3) is 0 Å². The number of nitrogens with two attached hydrogens (primary N) is 1. The Labute approximate surface area is 166 Å². The molecule has 0 radical (unpaired) electrons. The van der Waals surface area contributed by atoms with E-state index in [2.05, 4.69) is 21.0 Å². The molecular formula is C19H14F4N4O3. The van der Waals surface area contributed by atoms with Gasteiger partial charge in [0.15, 0.2) is 0 Å². The van der Waals surface area contributed by atoms with Gasteiger partial charge in [0.25, 0.3) is 11.2 Å². The number of hydrogen-bond donors (Lipinski definition) is 2. The Hall–Kier alpha value is -3.55. The molecule has 1 amide bonds. The summed E-state index contributed by atoms with van der Waals surface area (Å²) in [6, 6.07) is 1.63. The second kappa shape index (κ2) is 6.76. The van der Waals surface area contributed by atoms with Crippen LogP contribution >= 0.6 is 0 Å². The standard InChI is InChI=1S/C19H14F4N4O3/c20-13-6-12-15(5-11(13)8-27-9-25-7-14(24)16(27)28)26-17(29)30-18(12,19(21,22)23)4-3-10-1-2-10/h5-7,9-10H,1-2,8,24H2,(H,26,29)/t18-/m0/s1. The molecule has 0 saturated heterocycles. The maximum absolute atomic E-state index is 14.8. The van der Waals surface area contributed by atoms with Crippen LogP contribution in [0.1, 0.15) is 24.0 Å². The summed E-state index contributed by atoms with van der Waals surface area (Å²) in [5, 5.41) is 2.15. The number of nitrogen functional groups attached to an aromatic ring is 1. The molecule has 0 unspecified atom stereocenters. The van der Waals surface area contributed by atoms with E-state index in [1.165, 1.54) is 0 Å². The number of aromatic nitrogens is 2.